The third-order valence-corrected chi connectivity index (χ3v) is 6.21. The number of nitrogens with one attached hydrogen (secondary N) is 2. The first-order valence-corrected chi connectivity index (χ1v) is 9.76. The first-order chi connectivity index (χ1) is 12.1. The average molecular weight is 395 g/mol. The molecule has 1 saturated heterocycles. The van der Waals surface area contributed by atoms with Crippen molar-refractivity contribution in [2.24, 2.45) is 0 Å². The van der Waals surface area contributed by atoms with Gasteiger partial charge in [0.2, 0.25) is 11.8 Å². The summed E-state index contributed by atoms with van der Waals surface area (Å²) < 4.78 is 64.4. The monoisotopic (exact) mass is 395 g/mol. The van der Waals surface area contributed by atoms with E-state index in [9.17, 15) is 26.4 Å². The number of amides is 1. The molecule has 1 aliphatic heterocycles. The molecule has 146 valence electrons. The van der Waals surface area contributed by atoms with Crippen LogP contribution in [0.5, 0.6) is 5.88 Å². The van der Waals surface area contributed by atoms with Crippen LogP contribution in [0.3, 0.4) is 0 Å². The minimum atomic E-state index is -4.52. The van der Waals surface area contributed by atoms with E-state index in [2.05, 4.69) is 20.4 Å². The van der Waals surface area contributed by atoms with Gasteiger partial charge in [-0.15, -0.1) is 0 Å². The van der Waals surface area contributed by atoms with Gasteiger partial charge in [-0.1, -0.05) is 6.07 Å². The van der Waals surface area contributed by atoms with Crippen LogP contribution in [-0.4, -0.2) is 56.2 Å². The SMILES string of the molecule is CS(=O)(=O)C1(C(=O)NCc2cccnc2OCC(F)(F)F)CCNCC1. The van der Waals surface area contributed by atoms with Gasteiger partial charge in [0, 0.05) is 24.6 Å². The highest BCUT2D eigenvalue weighted by atomic mass is 32.2. The topological polar surface area (TPSA) is 97.4 Å². The third kappa shape index (κ3) is 4.85. The number of alkyl halides is 3. The van der Waals surface area contributed by atoms with Gasteiger partial charge in [-0.3, -0.25) is 4.79 Å². The lowest BCUT2D eigenvalue weighted by molar-refractivity contribution is -0.154. The average Bonchev–Trinajstić information content (AvgIpc) is 2.57. The molecule has 2 N–H and O–H groups in total. The van der Waals surface area contributed by atoms with Crippen molar-refractivity contribution in [3.05, 3.63) is 23.9 Å². The summed E-state index contributed by atoms with van der Waals surface area (Å²) in [6.45, 7) is -0.935. The summed E-state index contributed by atoms with van der Waals surface area (Å²) in [6.07, 6.45) is -1.99. The lowest BCUT2D eigenvalue weighted by atomic mass is 9.96. The van der Waals surface area contributed by atoms with Crippen LogP contribution in [0.25, 0.3) is 0 Å². The molecular weight excluding hydrogens is 375 g/mol. The molecule has 2 rings (SSSR count). The van der Waals surface area contributed by atoms with Crippen molar-refractivity contribution < 1.29 is 31.1 Å². The number of halogens is 3. The Morgan fingerprint density at radius 3 is 2.62 bits per heavy atom. The Hall–Kier alpha value is -1.88. The maximum atomic E-state index is 12.6. The van der Waals surface area contributed by atoms with Crippen LogP contribution in [0.4, 0.5) is 13.2 Å². The molecule has 26 heavy (non-hydrogen) atoms. The molecule has 1 fully saturated rings. The number of ether oxygens (including phenoxy) is 1. The molecule has 2 heterocycles. The zero-order chi connectivity index (χ0) is 19.4. The highest BCUT2D eigenvalue weighted by Gasteiger charge is 2.48. The maximum absolute atomic E-state index is 12.6. The molecule has 0 aliphatic carbocycles. The van der Waals surface area contributed by atoms with Crippen LogP contribution < -0.4 is 15.4 Å². The van der Waals surface area contributed by atoms with Crippen molar-refractivity contribution in [1.82, 2.24) is 15.6 Å². The van der Waals surface area contributed by atoms with Gasteiger partial charge in [-0.25, -0.2) is 13.4 Å². The Morgan fingerprint density at radius 2 is 2.04 bits per heavy atom. The number of hydrogen-bond acceptors (Lipinski definition) is 6. The molecule has 0 unspecified atom stereocenters. The normalized spacial score (nSPS) is 17.5. The molecule has 0 atom stereocenters. The molecule has 0 bridgehead atoms. The molecule has 1 aliphatic rings. The summed E-state index contributed by atoms with van der Waals surface area (Å²) in [5, 5.41) is 5.51. The lowest BCUT2D eigenvalue weighted by Gasteiger charge is -2.34. The van der Waals surface area contributed by atoms with E-state index < -0.39 is 33.3 Å². The number of sulfone groups is 1. The Labute approximate surface area is 149 Å². The fraction of sp³-hybridized carbons (Fsp3) is 0.600. The summed E-state index contributed by atoms with van der Waals surface area (Å²) in [7, 11) is -3.68. The summed E-state index contributed by atoms with van der Waals surface area (Å²) >= 11 is 0. The number of pyridine rings is 1. The number of piperidine rings is 1. The van der Waals surface area contributed by atoms with Gasteiger partial charge in [0.25, 0.3) is 0 Å². The first kappa shape index (κ1) is 20.4. The molecule has 1 amide bonds. The van der Waals surface area contributed by atoms with Gasteiger partial charge in [-0.05, 0) is 32.0 Å². The van der Waals surface area contributed by atoms with Crippen molar-refractivity contribution in [2.45, 2.75) is 30.3 Å². The number of carbonyl (C=O) groups is 1. The summed E-state index contributed by atoms with van der Waals surface area (Å²) in [6, 6.07) is 2.94. The maximum Gasteiger partial charge on any atom is 0.422 e. The van der Waals surface area contributed by atoms with E-state index in [1.54, 1.807) is 0 Å². The van der Waals surface area contributed by atoms with Crippen molar-refractivity contribution >= 4 is 15.7 Å². The Morgan fingerprint density at radius 1 is 1.38 bits per heavy atom. The van der Waals surface area contributed by atoms with Gasteiger partial charge in [0.15, 0.2) is 21.2 Å². The fourth-order valence-electron chi connectivity index (χ4n) is 2.77. The van der Waals surface area contributed by atoms with Crippen LogP contribution in [0.2, 0.25) is 0 Å². The fourth-order valence-corrected chi connectivity index (χ4v) is 4.13. The van der Waals surface area contributed by atoms with Crippen LogP contribution in [0.15, 0.2) is 18.3 Å². The van der Waals surface area contributed by atoms with Gasteiger partial charge in [-0.2, -0.15) is 13.2 Å². The second kappa shape index (κ2) is 7.78. The largest absolute Gasteiger partial charge is 0.468 e. The van der Waals surface area contributed by atoms with Crippen molar-refractivity contribution in [3.8, 4) is 5.88 Å². The summed E-state index contributed by atoms with van der Waals surface area (Å²) in [5.41, 5.74) is 0.225. The molecule has 7 nitrogen and oxygen atoms in total. The Kier molecular flexibility index (Phi) is 6.12. The minimum absolute atomic E-state index is 0.127. The van der Waals surface area contributed by atoms with E-state index in [1.807, 2.05) is 0 Å². The van der Waals surface area contributed by atoms with Crippen molar-refractivity contribution in [1.29, 1.82) is 0 Å². The molecular formula is C15H20F3N3O4S. The molecule has 0 saturated carbocycles. The molecule has 11 heteroatoms. The van der Waals surface area contributed by atoms with E-state index in [-0.39, 0.29) is 30.8 Å². The predicted molar refractivity (Wildman–Crippen MR) is 87.3 cm³/mol. The number of hydrogen-bond donors (Lipinski definition) is 2. The van der Waals surface area contributed by atoms with Gasteiger partial charge >= 0.3 is 6.18 Å². The molecule has 0 aromatic carbocycles. The molecule has 1 aromatic rings. The second-order valence-electron chi connectivity index (χ2n) is 6.07. The van der Waals surface area contributed by atoms with E-state index in [1.165, 1.54) is 18.3 Å². The summed E-state index contributed by atoms with van der Waals surface area (Å²) in [4.78, 5) is 16.3. The summed E-state index contributed by atoms with van der Waals surface area (Å²) in [5.74, 6) is -0.934. The molecule has 0 spiro atoms. The van der Waals surface area contributed by atoms with Gasteiger partial charge in [0.1, 0.15) is 0 Å². The Balaban J connectivity index is 2.11. The van der Waals surface area contributed by atoms with Crippen LogP contribution >= 0.6 is 0 Å². The van der Waals surface area contributed by atoms with Crippen LogP contribution in [-0.2, 0) is 21.2 Å². The van der Waals surface area contributed by atoms with Crippen molar-refractivity contribution in [3.63, 3.8) is 0 Å². The predicted octanol–water partition coefficient (Wildman–Crippen LogP) is 0.806. The van der Waals surface area contributed by atoms with Gasteiger partial charge < -0.3 is 15.4 Å². The Bertz CT molecular complexity index is 747. The van der Waals surface area contributed by atoms with Crippen molar-refractivity contribution in [2.75, 3.05) is 26.0 Å². The van der Waals surface area contributed by atoms with E-state index in [0.29, 0.717) is 13.1 Å². The van der Waals surface area contributed by atoms with Crippen LogP contribution in [0.1, 0.15) is 18.4 Å². The zero-order valence-electron chi connectivity index (χ0n) is 14.1. The third-order valence-electron chi connectivity index (χ3n) is 4.20. The number of nitrogens with zero attached hydrogens (tertiary/aromatic N) is 1. The lowest BCUT2D eigenvalue weighted by Crippen LogP contribution is -2.57. The standard InChI is InChI=1S/C15H20F3N3O4S/c1-26(23,24)14(4-7-19-8-5-14)13(22)21-9-11-3-2-6-20-12(11)25-10-15(16,17)18/h2-3,6,19H,4-5,7-10H2,1H3,(H,21,22). The molecule has 0 radical (unpaired) electrons. The highest BCUT2D eigenvalue weighted by Crippen LogP contribution is 2.28. The zero-order valence-corrected chi connectivity index (χ0v) is 14.9. The van der Waals surface area contributed by atoms with Crippen LogP contribution in [0, 0.1) is 0 Å². The smallest absolute Gasteiger partial charge is 0.422 e. The van der Waals surface area contributed by atoms with Gasteiger partial charge in [0.05, 0.1) is 0 Å². The number of aromatic nitrogens is 1. The van der Waals surface area contributed by atoms with E-state index >= 15 is 0 Å². The highest BCUT2D eigenvalue weighted by molar-refractivity contribution is 7.92. The number of rotatable bonds is 6. The first-order valence-electron chi connectivity index (χ1n) is 7.87. The van der Waals surface area contributed by atoms with E-state index in [4.69, 9.17) is 0 Å². The quantitative estimate of drug-likeness (QED) is 0.740. The molecule has 1 aromatic heterocycles. The second-order valence-corrected chi connectivity index (χ2v) is 8.40. The number of carbonyl (C=O) groups excluding carboxylic acids is 1. The van der Waals surface area contributed by atoms with E-state index in [0.717, 1.165) is 6.26 Å². The minimum Gasteiger partial charge on any atom is -0.468 e.